The summed E-state index contributed by atoms with van der Waals surface area (Å²) < 4.78 is 5.76. The van der Waals surface area contributed by atoms with Crippen molar-refractivity contribution < 1.29 is 19.1 Å². The third kappa shape index (κ3) is 7.78. The standard InChI is InChI=1S/C27H29N3O4/c1-19(2)17-25(31)28-23-13-11-21(12-14-23)26(32)29-30-27(33)22-9-6-10-24(18-22)34-16-15-20-7-4-3-5-8-20/h3-14,18-19H,15-17H2,1-2H3,(H,28,31)(H,29,32)(H,30,33). The molecule has 0 atom stereocenters. The summed E-state index contributed by atoms with van der Waals surface area (Å²) >= 11 is 0. The Morgan fingerprint density at radius 3 is 2.15 bits per heavy atom. The molecule has 0 fully saturated rings. The van der Waals surface area contributed by atoms with Crippen LogP contribution in [0.5, 0.6) is 5.75 Å². The molecule has 3 aromatic carbocycles. The second-order valence-corrected chi connectivity index (χ2v) is 8.24. The first-order valence-corrected chi connectivity index (χ1v) is 11.2. The van der Waals surface area contributed by atoms with Crippen LogP contribution in [-0.4, -0.2) is 24.3 Å². The van der Waals surface area contributed by atoms with E-state index in [0.29, 0.717) is 35.6 Å². The molecule has 0 saturated carbocycles. The normalized spacial score (nSPS) is 10.4. The highest BCUT2D eigenvalue weighted by Gasteiger charge is 2.11. The van der Waals surface area contributed by atoms with Gasteiger partial charge < -0.3 is 10.1 Å². The minimum Gasteiger partial charge on any atom is -0.493 e. The molecule has 0 aromatic heterocycles. The maximum absolute atomic E-state index is 12.5. The average molecular weight is 460 g/mol. The van der Waals surface area contributed by atoms with Crippen molar-refractivity contribution in [2.45, 2.75) is 26.7 Å². The van der Waals surface area contributed by atoms with Crippen molar-refractivity contribution in [1.29, 1.82) is 0 Å². The van der Waals surface area contributed by atoms with Crippen LogP contribution >= 0.6 is 0 Å². The topological polar surface area (TPSA) is 96.5 Å². The van der Waals surface area contributed by atoms with Gasteiger partial charge >= 0.3 is 0 Å². The van der Waals surface area contributed by atoms with Gasteiger partial charge in [0.15, 0.2) is 0 Å². The predicted octanol–water partition coefficient (Wildman–Crippen LogP) is 4.37. The summed E-state index contributed by atoms with van der Waals surface area (Å²) in [6.07, 6.45) is 1.18. The van der Waals surface area contributed by atoms with Crippen LogP contribution in [0.15, 0.2) is 78.9 Å². The summed E-state index contributed by atoms with van der Waals surface area (Å²) in [6, 6.07) is 23.2. The van der Waals surface area contributed by atoms with Crippen LogP contribution in [0.3, 0.4) is 0 Å². The van der Waals surface area contributed by atoms with E-state index in [-0.39, 0.29) is 11.8 Å². The fourth-order valence-electron chi connectivity index (χ4n) is 3.20. The molecule has 7 nitrogen and oxygen atoms in total. The van der Waals surface area contributed by atoms with E-state index < -0.39 is 11.8 Å². The molecule has 3 rings (SSSR count). The Hall–Kier alpha value is -4.13. The van der Waals surface area contributed by atoms with Crippen LogP contribution in [0.1, 0.15) is 46.5 Å². The molecule has 0 aliphatic rings. The van der Waals surface area contributed by atoms with Crippen LogP contribution in [0.2, 0.25) is 0 Å². The lowest BCUT2D eigenvalue weighted by molar-refractivity contribution is -0.116. The molecule has 0 aliphatic carbocycles. The molecule has 7 heteroatoms. The molecule has 3 amide bonds. The predicted molar refractivity (Wildman–Crippen MR) is 132 cm³/mol. The summed E-state index contributed by atoms with van der Waals surface area (Å²) in [7, 11) is 0. The second-order valence-electron chi connectivity index (χ2n) is 8.24. The largest absolute Gasteiger partial charge is 0.493 e. The molecule has 176 valence electrons. The number of ether oxygens (including phenoxy) is 1. The van der Waals surface area contributed by atoms with Crippen LogP contribution in [0, 0.1) is 5.92 Å². The van der Waals surface area contributed by atoms with Crippen LogP contribution in [-0.2, 0) is 11.2 Å². The van der Waals surface area contributed by atoms with E-state index in [1.165, 1.54) is 5.56 Å². The number of anilines is 1. The molecular weight excluding hydrogens is 430 g/mol. The number of nitrogens with one attached hydrogen (secondary N) is 3. The Morgan fingerprint density at radius 1 is 0.794 bits per heavy atom. The zero-order valence-electron chi connectivity index (χ0n) is 19.3. The number of amides is 3. The molecule has 0 aliphatic heterocycles. The van der Waals surface area contributed by atoms with Gasteiger partial charge in [0.2, 0.25) is 5.91 Å². The minimum atomic E-state index is -0.469. The molecule has 3 aromatic rings. The molecule has 3 N–H and O–H groups in total. The monoisotopic (exact) mass is 459 g/mol. The summed E-state index contributed by atoms with van der Waals surface area (Å²) in [5.41, 5.74) is 7.30. The van der Waals surface area contributed by atoms with Crippen molar-refractivity contribution in [3.8, 4) is 5.75 Å². The maximum Gasteiger partial charge on any atom is 0.269 e. The fourth-order valence-corrected chi connectivity index (χ4v) is 3.20. The third-order valence-electron chi connectivity index (χ3n) is 4.91. The summed E-state index contributed by atoms with van der Waals surface area (Å²) in [5.74, 6) is -0.172. The number of hydrogen-bond donors (Lipinski definition) is 3. The molecule has 0 spiro atoms. The van der Waals surface area contributed by atoms with E-state index in [4.69, 9.17) is 4.74 Å². The van der Waals surface area contributed by atoms with Gasteiger partial charge in [-0.2, -0.15) is 0 Å². The van der Waals surface area contributed by atoms with Crippen LogP contribution < -0.4 is 20.9 Å². The first-order valence-electron chi connectivity index (χ1n) is 11.2. The van der Waals surface area contributed by atoms with Crippen molar-refractivity contribution in [2.75, 3.05) is 11.9 Å². The average Bonchev–Trinajstić information content (AvgIpc) is 2.83. The van der Waals surface area contributed by atoms with E-state index in [1.807, 2.05) is 44.2 Å². The lowest BCUT2D eigenvalue weighted by atomic mass is 10.1. The van der Waals surface area contributed by atoms with Crippen molar-refractivity contribution in [2.24, 2.45) is 5.92 Å². The van der Waals surface area contributed by atoms with Gasteiger partial charge in [0, 0.05) is 29.7 Å². The zero-order valence-corrected chi connectivity index (χ0v) is 19.3. The first kappa shape index (κ1) is 24.5. The van der Waals surface area contributed by atoms with Gasteiger partial charge in [0.25, 0.3) is 11.8 Å². The van der Waals surface area contributed by atoms with Gasteiger partial charge in [0.1, 0.15) is 5.75 Å². The molecule has 0 radical (unpaired) electrons. The van der Waals surface area contributed by atoms with Gasteiger partial charge in [-0.15, -0.1) is 0 Å². The Balaban J connectivity index is 1.47. The SMILES string of the molecule is CC(C)CC(=O)Nc1ccc(C(=O)NNC(=O)c2cccc(OCCc3ccccc3)c2)cc1. The minimum absolute atomic E-state index is 0.0780. The Kier molecular flexibility index (Phi) is 8.80. The maximum atomic E-state index is 12.5. The Morgan fingerprint density at radius 2 is 1.47 bits per heavy atom. The Labute approximate surface area is 199 Å². The van der Waals surface area contributed by atoms with Crippen molar-refractivity contribution in [3.05, 3.63) is 95.6 Å². The summed E-state index contributed by atoms with van der Waals surface area (Å²) in [4.78, 5) is 36.7. The fraction of sp³-hybridized carbons (Fsp3) is 0.222. The molecule has 34 heavy (non-hydrogen) atoms. The number of benzene rings is 3. The van der Waals surface area contributed by atoms with E-state index in [2.05, 4.69) is 16.2 Å². The van der Waals surface area contributed by atoms with Gasteiger partial charge in [0.05, 0.1) is 6.61 Å². The number of hydrogen-bond acceptors (Lipinski definition) is 4. The van der Waals surface area contributed by atoms with E-state index in [9.17, 15) is 14.4 Å². The van der Waals surface area contributed by atoms with Crippen molar-refractivity contribution in [3.63, 3.8) is 0 Å². The highest BCUT2D eigenvalue weighted by molar-refractivity contribution is 5.99. The van der Waals surface area contributed by atoms with Gasteiger partial charge in [-0.3, -0.25) is 25.2 Å². The van der Waals surface area contributed by atoms with E-state index >= 15 is 0 Å². The smallest absolute Gasteiger partial charge is 0.269 e. The van der Waals surface area contributed by atoms with Crippen LogP contribution in [0.25, 0.3) is 0 Å². The molecule has 0 heterocycles. The molecule has 0 unspecified atom stereocenters. The quantitative estimate of drug-likeness (QED) is 0.414. The third-order valence-corrected chi connectivity index (χ3v) is 4.91. The zero-order chi connectivity index (χ0) is 24.3. The van der Waals surface area contributed by atoms with Gasteiger partial charge in [-0.25, -0.2) is 0 Å². The number of carbonyl (C=O) groups excluding carboxylic acids is 3. The number of hydrazine groups is 1. The van der Waals surface area contributed by atoms with E-state index in [1.54, 1.807) is 48.5 Å². The van der Waals surface area contributed by atoms with Crippen LogP contribution in [0.4, 0.5) is 5.69 Å². The van der Waals surface area contributed by atoms with Gasteiger partial charge in [-0.1, -0.05) is 50.2 Å². The number of carbonyl (C=O) groups is 3. The summed E-state index contributed by atoms with van der Waals surface area (Å²) in [6.45, 7) is 4.42. The first-order chi connectivity index (χ1) is 16.4. The van der Waals surface area contributed by atoms with Crippen molar-refractivity contribution in [1.82, 2.24) is 10.9 Å². The van der Waals surface area contributed by atoms with Gasteiger partial charge in [-0.05, 0) is 53.9 Å². The second kappa shape index (κ2) is 12.2. The number of rotatable bonds is 9. The van der Waals surface area contributed by atoms with Crippen molar-refractivity contribution >= 4 is 23.4 Å². The molecule has 0 saturated heterocycles. The summed E-state index contributed by atoms with van der Waals surface area (Å²) in [5, 5.41) is 2.79. The highest BCUT2D eigenvalue weighted by Crippen LogP contribution is 2.14. The molecular formula is C27H29N3O4. The lowest BCUT2D eigenvalue weighted by Crippen LogP contribution is -2.41. The van der Waals surface area contributed by atoms with E-state index in [0.717, 1.165) is 6.42 Å². The lowest BCUT2D eigenvalue weighted by Gasteiger charge is -2.10. The Bertz CT molecular complexity index is 1110. The molecule has 0 bridgehead atoms. The highest BCUT2D eigenvalue weighted by atomic mass is 16.5.